The highest BCUT2D eigenvalue weighted by atomic mass is 16.2. The molecule has 4 heteroatoms. The molecule has 0 atom stereocenters. The largest absolute Gasteiger partial charge is 0.399 e. The van der Waals surface area contributed by atoms with Crippen LogP contribution in [0.1, 0.15) is 31.7 Å². The normalized spacial score (nSPS) is 14.6. The molecule has 1 aliphatic carbocycles. The van der Waals surface area contributed by atoms with E-state index in [1.165, 1.54) is 18.4 Å². The molecule has 1 aromatic rings. The molecule has 1 amide bonds. The van der Waals surface area contributed by atoms with Crippen LogP contribution in [0.25, 0.3) is 0 Å². The maximum Gasteiger partial charge on any atom is 0.234 e. The molecular formula is C15H23N3O. The third-order valence-electron chi connectivity index (χ3n) is 3.32. The lowest BCUT2D eigenvalue weighted by Gasteiger charge is -2.21. The molecule has 1 aliphatic rings. The molecule has 0 spiro atoms. The number of benzene rings is 1. The summed E-state index contributed by atoms with van der Waals surface area (Å²) in [6.45, 7) is 4.11. The number of anilines is 1. The van der Waals surface area contributed by atoms with E-state index in [4.69, 9.17) is 5.73 Å². The number of rotatable bonds is 7. The highest BCUT2D eigenvalue weighted by Crippen LogP contribution is 2.28. The molecule has 104 valence electrons. The van der Waals surface area contributed by atoms with Crippen molar-refractivity contribution < 1.29 is 4.79 Å². The first-order valence-corrected chi connectivity index (χ1v) is 7.04. The summed E-state index contributed by atoms with van der Waals surface area (Å²) in [7, 11) is 0. The molecule has 0 heterocycles. The Balaban J connectivity index is 1.91. The topological polar surface area (TPSA) is 58.4 Å². The molecule has 3 N–H and O–H groups in total. The van der Waals surface area contributed by atoms with Crippen molar-refractivity contribution in [3.8, 4) is 0 Å². The highest BCUT2D eigenvalue weighted by Gasteiger charge is 2.30. The number of nitrogens with one attached hydrogen (secondary N) is 1. The summed E-state index contributed by atoms with van der Waals surface area (Å²) in [4.78, 5) is 14.1. The first kappa shape index (κ1) is 13.9. The zero-order valence-electron chi connectivity index (χ0n) is 11.6. The molecule has 0 radical (unpaired) electrons. The second kappa shape index (κ2) is 6.57. The van der Waals surface area contributed by atoms with Gasteiger partial charge in [-0.05, 0) is 37.0 Å². The molecule has 0 aliphatic heterocycles. The van der Waals surface area contributed by atoms with Crippen LogP contribution in [0.4, 0.5) is 5.69 Å². The van der Waals surface area contributed by atoms with Gasteiger partial charge in [-0.3, -0.25) is 9.69 Å². The van der Waals surface area contributed by atoms with E-state index >= 15 is 0 Å². The first-order chi connectivity index (χ1) is 9.19. The average Bonchev–Trinajstić information content (AvgIpc) is 3.20. The van der Waals surface area contributed by atoms with E-state index < -0.39 is 0 Å². The number of amides is 1. The lowest BCUT2D eigenvalue weighted by molar-refractivity contribution is -0.122. The molecule has 0 unspecified atom stereocenters. The van der Waals surface area contributed by atoms with Crippen molar-refractivity contribution in [2.24, 2.45) is 0 Å². The average molecular weight is 261 g/mol. The van der Waals surface area contributed by atoms with Crippen molar-refractivity contribution in [2.45, 2.75) is 38.8 Å². The molecular weight excluding hydrogens is 238 g/mol. The Bertz CT molecular complexity index is 429. The van der Waals surface area contributed by atoms with Gasteiger partial charge in [0.05, 0.1) is 6.54 Å². The summed E-state index contributed by atoms with van der Waals surface area (Å²) in [5.74, 6) is 0.123. The monoisotopic (exact) mass is 261 g/mol. The Morgan fingerprint density at radius 1 is 1.47 bits per heavy atom. The number of hydrogen-bond donors (Lipinski definition) is 2. The van der Waals surface area contributed by atoms with Gasteiger partial charge in [0.2, 0.25) is 5.91 Å². The number of carbonyl (C=O) groups is 1. The molecule has 1 fully saturated rings. The first-order valence-electron chi connectivity index (χ1n) is 7.04. The van der Waals surface area contributed by atoms with Gasteiger partial charge in [-0.1, -0.05) is 19.1 Å². The van der Waals surface area contributed by atoms with Crippen LogP contribution < -0.4 is 11.1 Å². The van der Waals surface area contributed by atoms with Crippen LogP contribution in [0, 0.1) is 0 Å². The minimum Gasteiger partial charge on any atom is -0.399 e. The third-order valence-corrected chi connectivity index (χ3v) is 3.32. The molecule has 1 saturated carbocycles. The van der Waals surface area contributed by atoms with Gasteiger partial charge in [-0.25, -0.2) is 0 Å². The lowest BCUT2D eigenvalue weighted by atomic mass is 10.2. The number of nitrogens with two attached hydrogens (primary N) is 1. The second-order valence-electron chi connectivity index (χ2n) is 5.23. The summed E-state index contributed by atoms with van der Waals surface area (Å²) in [6.07, 6.45) is 3.37. The predicted molar refractivity (Wildman–Crippen MR) is 77.6 cm³/mol. The van der Waals surface area contributed by atoms with Crippen LogP contribution in [0.15, 0.2) is 24.3 Å². The minimum absolute atomic E-state index is 0.123. The maximum atomic E-state index is 11.8. The van der Waals surface area contributed by atoms with E-state index in [1.807, 2.05) is 18.2 Å². The van der Waals surface area contributed by atoms with Crippen LogP contribution in [-0.2, 0) is 11.3 Å². The SMILES string of the molecule is CCCNC(=O)CN(Cc1cccc(N)c1)C1CC1. The van der Waals surface area contributed by atoms with E-state index in [1.54, 1.807) is 0 Å². The summed E-state index contributed by atoms with van der Waals surface area (Å²) in [5, 5.41) is 2.94. The van der Waals surface area contributed by atoms with Crippen molar-refractivity contribution >= 4 is 11.6 Å². The smallest absolute Gasteiger partial charge is 0.234 e. The minimum atomic E-state index is 0.123. The van der Waals surface area contributed by atoms with Gasteiger partial charge >= 0.3 is 0 Å². The van der Waals surface area contributed by atoms with Gasteiger partial charge in [0.15, 0.2) is 0 Å². The van der Waals surface area contributed by atoms with Crippen LogP contribution in [0.5, 0.6) is 0 Å². The number of nitrogen functional groups attached to an aromatic ring is 1. The van der Waals surface area contributed by atoms with E-state index in [0.29, 0.717) is 12.6 Å². The quantitative estimate of drug-likeness (QED) is 0.735. The number of nitrogens with zero attached hydrogens (tertiary/aromatic N) is 1. The van der Waals surface area contributed by atoms with Gasteiger partial charge < -0.3 is 11.1 Å². The lowest BCUT2D eigenvalue weighted by Crippen LogP contribution is -2.38. The van der Waals surface area contributed by atoms with E-state index in [-0.39, 0.29) is 5.91 Å². The van der Waals surface area contributed by atoms with Gasteiger partial charge in [0.1, 0.15) is 0 Å². The van der Waals surface area contributed by atoms with Gasteiger partial charge in [0, 0.05) is 24.8 Å². The highest BCUT2D eigenvalue weighted by molar-refractivity contribution is 5.78. The van der Waals surface area contributed by atoms with Crippen LogP contribution in [-0.4, -0.2) is 29.9 Å². The number of hydrogen-bond acceptors (Lipinski definition) is 3. The maximum absolute atomic E-state index is 11.8. The zero-order chi connectivity index (χ0) is 13.7. The van der Waals surface area contributed by atoms with Gasteiger partial charge in [-0.15, -0.1) is 0 Å². The predicted octanol–water partition coefficient (Wildman–Crippen LogP) is 1.76. The van der Waals surface area contributed by atoms with Gasteiger partial charge in [-0.2, -0.15) is 0 Å². The van der Waals surface area contributed by atoms with E-state index in [2.05, 4.69) is 23.2 Å². The number of carbonyl (C=O) groups excluding carboxylic acids is 1. The molecule has 0 aromatic heterocycles. The molecule has 2 rings (SSSR count). The third kappa shape index (κ3) is 4.56. The second-order valence-corrected chi connectivity index (χ2v) is 5.23. The molecule has 4 nitrogen and oxygen atoms in total. The Kier molecular flexibility index (Phi) is 4.80. The standard InChI is InChI=1S/C15H23N3O/c1-2-8-17-15(19)11-18(14-6-7-14)10-12-4-3-5-13(16)9-12/h3-5,9,14H,2,6-8,10-11,16H2,1H3,(H,17,19). The Labute approximate surface area is 115 Å². The van der Waals surface area contributed by atoms with Crippen LogP contribution in [0.3, 0.4) is 0 Å². The summed E-state index contributed by atoms with van der Waals surface area (Å²) in [5.41, 5.74) is 7.75. The zero-order valence-corrected chi connectivity index (χ0v) is 11.6. The summed E-state index contributed by atoms with van der Waals surface area (Å²) < 4.78 is 0. The summed E-state index contributed by atoms with van der Waals surface area (Å²) in [6, 6.07) is 8.47. The Hall–Kier alpha value is -1.55. The van der Waals surface area contributed by atoms with Crippen LogP contribution in [0.2, 0.25) is 0 Å². The fourth-order valence-electron chi connectivity index (χ4n) is 2.18. The van der Waals surface area contributed by atoms with Crippen molar-refractivity contribution in [3.05, 3.63) is 29.8 Å². The molecule has 1 aromatic carbocycles. The fraction of sp³-hybridized carbons (Fsp3) is 0.533. The fourth-order valence-corrected chi connectivity index (χ4v) is 2.18. The molecule has 0 bridgehead atoms. The van der Waals surface area contributed by atoms with Crippen molar-refractivity contribution in [2.75, 3.05) is 18.8 Å². The Morgan fingerprint density at radius 2 is 2.26 bits per heavy atom. The Morgan fingerprint density at radius 3 is 2.89 bits per heavy atom. The summed E-state index contributed by atoms with van der Waals surface area (Å²) >= 11 is 0. The van der Waals surface area contributed by atoms with Crippen molar-refractivity contribution in [3.63, 3.8) is 0 Å². The van der Waals surface area contributed by atoms with Crippen molar-refractivity contribution in [1.82, 2.24) is 10.2 Å². The van der Waals surface area contributed by atoms with Crippen LogP contribution >= 0.6 is 0 Å². The molecule has 19 heavy (non-hydrogen) atoms. The van der Waals surface area contributed by atoms with Crippen molar-refractivity contribution in [1.29, 1.82) is 0 Å². The van der Waals surface area contributed by atoms with Gasteiger partial charge in [0.25, 0.3) is 0 Å². The molecule has 0 saturated heterocycles. The van der Waals surface area contributed by atoms with E-state index in [0.717, 1.165) is 25.2 Å². The van der Waals surface area contributed by atoms with E-state index in [9.17, 15) is 4.79 Å².